The average molecular weight is 596 g/mol. The molecule has 1 aliphatic rings. The molecule has 4 N–H and O–H groups in total. The molecule has 228 valence electrons. The number of fused-ring (bicyclic) bond motifs is 1. The predicted octanol–water partition coefficient (Wildman–Crippen LogP) is 2.52. The summed E-state index contributed by atoms with van der Waals surface area (Å²) < 4.78 is 3.53. The van der Waals surface area contributed by atoms with Gasteiger partial charge in [-0.25, -0.2) is 15.4 Å². The molecule has 44 heavy (non-hydrogen) atoms. The second-order valence-electron chi connectivity index (χ2n) is 11.3. The fourth-order valence-electron chi connectivity index (χ4n) is 5.92. The monoisotopic (exact) mass is 595 g/mol. The van der Waals surface area contributed by atoms with Crippen LogP contribution in [0.25, 0.3) is 11.2 Å². The molecule has 0 spiro atoms. The van der Waals surface area contributed by atoms with Crippen molar-refractivity contribution in [3.63, 3.8) is 0 Å². The first-order valence-electron chi connectivity index (χ1n) is 14.8. The maximum atomic E-state index is 11.7. The molecular formula is C32H37N9O3. The summed E-state index contributed by atoms with van der Waals surface area (Å²) >= 11 is 0. The summed E-state index contributed by atoms with van der Waals surface area (Å²) in [5, 5.41) is 31.1. The van der Waals surface area contributed by atoms with Crippen LogP contribution in [0.2, 0.25) is 0 Å². The van der Waals surface area contributed by atoms with Gasteiger partial charge in [-0.05, 0) is 30.0 Å². The predicted molar refractivity (Wildman–Crippen MR) is 166 cm³/mol. The Morgan fingerprint density at radius 2 is 1.68 bits per heavy atom. The van der Waals surface area contributed by atoms with Crippen LogP contribution in [0.15, 0.2) is 85.6 Å². The van der Waals surface area contributed by atoms with E-state index < -0.39 is 18.2 Å². The smallest absolute Gasteiger partial charge is 0.242 e. The van der Waals surface area contributed by atoms with Crippen LogP contribution in [0.1, 0.15) is 48.0 Å². The number of imidazole rings is 1. The van der Waals surface area contributed by atoms with Gasteiger partial charge in [-0.2, -0.15) is 10.1 Å². The van der Waals surface area contributed by atoms with Gasteiger partial charge < -0.3 is 20.1 Å². The Labute approximate surface area is 255 Å². The summed E-state index contributed by atoms with van der Waals surface area (Å²) in [7, 11) is 0. The molecule has 0 bridgehead atoms. The standard InChI is InChI=1S/C32H37N9O3/c1-21-16-36-41(19-21)28-15-27(29(43)30(28)44)39-20-35-26-18-34-32(38-31(26)39)40(14-13-33-22(2)42)37-17-25(23-9-5-3-6-10-23)24-11-7-4-8-12-24/h3-12,16,18-20,25,27-30,37,43-44H,13-15,17H2,1-2H3,(H,33,42)/t27-,28+,29+,30-/m1/s1. The van der Waals surface area contributed by atoms with E-state index in [-0.39, 0.29) is 17.9 Å². The van der Waals surface area contributed by atoms with E-state index in [1.807, 2.05) is 59.1 Å². The molecular weight excluding hydrogens is 558 g/mol. The lowest BCUT2D eigenvalue weighted by atomic mass is 9.91. The van der Waals surface area contributed by atoms with Crippen LogP contribution in [0.3, 0.4) is 0 Å². The molecule has 6 rings (SSSR count). The van der Waals surface area contributed by atoms with Crippen molar-refractivity contribution in [1.29, 1.82) is 0 Å². The number of anilines is 1. The van der Waals surface area contributed by atoms with Crippen LogP contribution in [0, 0.1) is 6.92 Å². The minimum atomic E-state index is -1.04. The normalized spacial score (nSPS) is 19.9. The van der Waals surface area contributed by atoms with Gasteiger partial charge >= 0.3 is 0 Å². The number of benzene rings is 2. The van der Waals surface area contributed by atoms with E-state index in [2.05, 4.69) is 50.1 Å². The first-order valence-corrected chi connectivity index (χ1v) is 14.8. The highest BCUT2D eigenvalue weighted by molar-refractivity contribution is 5.73. The van der Waals surface area contributed by atoms with Crippen LogP contribution in [-0.4, -0.2) is 77.3 Å². The number of hydrogen-bond acceptors (Lipinski definition) is 9. The molecule has 2 aromatic carbocycles. The third-order valence-corrected chi connectivity index (χ3v) is 8.19. The van der Waals surface area contributed by atoms with Gasteiger partial charge in [-0.1, -0.05) is 60.7 Å². The molecule has 0 saturated heterocycles. The number of amides is 1. The average Bonchev–Trinajstić information content (AvgIpc) is 3.74. The van der Waals surface area contributed by atoms with Crippen molar-refractivity contribution in [3.8, 4) is 0 Å². The van der Waals surface area contributed by atoms with Gasteiger partial charge in [0.25, 0.3) is 0 Å². The van der Waals surface area contributed by atoms with Crippen LogP contribution >= 0.6 is 0 Å². The van der Waals surface area contributed by atoms with Crippen molar-refractivity contribution >= 4 is 23.0 Å². The molecule has 0 radical (unpaired) electrons. The van der Waals surface area contributed by atoms with Gasteiger partial charge in [-0.15, -0.1) is 0 Å². The molecule has 1 fully saturated rings. The highest BCUT2D eigenvalue weighted by atomic mass is 16.3. The lowest BCUT2D eigenvalue weighted by molar-refractivity contribution is -0.118. The number of nitrogens with one attached hydrogen (secondary N) is 2. The Balaban J connectivity index is 1.29. The van der Waals surface area contributed by atoms with Crippen LogP contribution < -0.4 is 15.8 Å². The SMILES string of the molecule is CC(=O)NCCN(NCC(c1ccccc1)c1ccccc1)c1ncc2ncn([C@@H]3C[C@H](n4cc(C)cn4)[C@@H](O)[C@H]3O)c2n1. The van der Waals surface area contributed by atoms with Crippen LogP contribution in [-0.2, 0) is 4.79 Å². The van der Waals surface area contributed by atoms with E-state index in [4.69, 9.17) is 4.98 Å². The van der Waals surface area contributed by atoms with Gasteiger partial charge in [0, 0.05) is 32.1 Å². The van der Waals surface area contributed by atoms with Gasteiger partial charge in [0.15, 0.2) is 5.65 Å². The third kappa shape index (κ3) is 6.18. The zero-order valence-electron chi connectivity index (χ0n) is 24.7. The first-order chi connectivity index (χ1) is 21.4. The van der Waals surface area contributed by atoms with Crippen molar-refractivity contribution in [1.82, 2.24) is 40.0 Å². The lowest BCUT2D eigenvalue weighted by Crippen LogP contribution is -2.45. The maximum Gasteiger partial charge on any atom is 0.242 e. The Bertz CT molecular complexity index is 1650. The highest BCUT2D eigenvalue weighted by Gasteiger charge is 2.44. The second-order valence-corrected chi connectivity index (χ2v) is 11.3. The zero-order valence-corrected chi connectivity index (χ0v) is 24.7. The molecule has 5 aromatic rings. The molecule has 12 nitrogen and oxygen atoms in total. The number of rotatable bonds is 11. The molecule has 1 amide bonds. The van der Waals surface area contributed by atoms with Gasteiger partial charge in [0.05, 0.1) is 37.3 Å². The van der Waals surface area contributed by atoms with Crippen molar-refractivity contribution in [3.05, 3.63) is 102 Å². The van der Waals surface area contributed by atoms with E-state index in [0.29, 0.717) is 43.2 Å². The molecule has 0 unspecified atom stereocenters. The first kappa shape index (κ1) is 29.4. The maximum absolute atomic E-state index is 11.7. The summed E-state index contributed by atoms with van der Waals surface area (Å²) in [6, 6.07) is 19.7. The lowest BCUT2D eigenvalue weighted by Gasteiger charge is -2.27. The number of carbonyl (C=O) groups is 1. The molecule has 1 aliphatic carbocycles. The van der Waals surface area contributed by atoms with Crippen molar-refractivity contribution in [2.75, 3.05) is 24.6 Å². The highest BCUT2D eigenvalue weighted by Crippen LogP contribution is 2.39. The minimum absolute atomic E-state index is 0.0490. The number of hydrazine groups is 1. The topological polar surface area (TPSA) is 146 Å². The van der Waals surface area contributed by atoms with E-state index in [1.165, 1.54) is 6.92 Å². The fraction of sp³-hybridized carbons (Fsp3) is 0.344. The van der Waals surface area contributed by atoms with E-state index >= 15 is 0 Å². The van der Waals surface area contributed by atoms with Crippen LogP contribution in [0.4, 0.5) is 5.95 Å². The summed E-state index contributed by atoms with van der Waals surface area (Å²) in [6.45, 7) is 4.75. The minimum Gasteiger partial charge on any atom is -0.388 e. The number of hydrogen-bond donors (Lipinski definition) is 4. The number of aliphatic hydroxyl groups excluding tert-OH is 2. The van der Waals surface area contributed by atoms with Gasteiger partial charge in [0.2, 0.25) is 11.9 Å². The largest absolute Gasteiger partial charge is 0.388 e. The second kappa shape index (κ2) is 12.9. The summed E-state index contributed by atoms with van der Waals surface area (Å²) in [5.74, 6) is 0.325. The number of nitrogens with zero attached hydrogens (tertiary/aromatic N) is 7. The molecule has 3 heterocycles. The summed E-state index contributed by atoms with van der Waals surface area (Å²) in [6.07, 6.45) is 5.31. The Morgan fingerprint density at radius 1 is 1.00 bits per heavy atom. The third-order valence-electron chi connectivity index (χ3n) is 8.19. The van der Waals surface area contributed by atoms with Gasteiger partial charge in [-0.3, -0.25) is 14.5 Å². The molecule has 1 saturated carbocycles. The summed E-state index contributed by atoms with van der Waals surface area (Å²) in [5.41, 5.74) is 7.95. The van der Waals surface area contributed by atoms with E-state index in [0.717, 1.165) is 16.7 Å². The zero-order chi connectivity index (χ0) is 30.6. The number of aliphatic hydroxyl groups is 2. The Kier molecular flexibility index (Phi) is 8.64. The number of carbonyl (C=O) groups excluding carboxylic acids is 1. The van der Waals surface area contributed by atoms with Crippen LogP contribution in [0.5, 0.6) is 0 Å². The van der Waals surface area contributed by atoms with Gasteiger partial charge in [0.1, 0.15) is 17.7 Å². The molecule has 12 heteroatoms. The quantitative estimate of drug-likeness (QED) is 0.169. The van der Waals surface area contributed by atoms with E-state index in [9.17, 15) is 15.0 Å². The van der Waals surface area contributed by atoms with Crippen molar-refractivity contribution in [2.45, 2.75) is 50.5 Å². The number of aromatic nitrogens is 6. The molecule has 3 aromatic heterocycles. The summed E-state index contributed by atoms with van der Waals surface area (Å²) in [4.78, 5) is 25.7. The van der Waals surface area contributed by atoms with Crippen molar-refractivity contribution < 1.29 is 15.0 Å². The molecule has 0 aliphatic heterocycles. The Hall–Kier alpha value is -4.65. The van der Waals surface area contributed by atoms with E-state index in [1.54, 1.807) is 23.4 Å². The fourth-order valence-corrected chi connectivity index (χ4v) is 5.92. The Morgan fingerprint density at radius 3 is 2.32 bits per heavy atom. The molecule has 4 atom stereocenters. The number of aryl methyl sites for hydroxylation is 1. The van der Waals surface area contributed by atoms with Crippen molar-refractivity contribution in [2.24, 2.45) is 0 Å².